The Labute approximate surface area is 173 Å². The van der Waals surface area contributed by atoms with E-state index in [2.05, 4.69) is 101 Å². The van der Waals surface area contributed by atoms with Crippen molar-refractivity contribution >= 4 is 10.8 Å². The van der Waals surface area contributed by atoms with E-state index in [9.17, 15) is 0 Å². The minimum atomic E-state index is 0.0101. The Balaban J connectivity index is 1.75. The van der Waals surface area contributed by atoms with Crippen molar-refractivity contribution in [2.75, 3.05) is 0 Å². The molecule has 0 aromatic heterocycles. The van der Waals surface area contributed by atoms with Crippen molar-refractivity contribution in [3.63, 3.8) is 0 Å². The van der Waals surface area contributed by atoms with Crippen LogP contribution in [0, 0.1) is 6.92 Å². The number of hydrogen-bond acceptors (Lipinski definition) is 0. The Hall–Kier alpha value is -2.86. The maximum Gasteiger partial charge on any atom is 0.0159 e. The number of hydrogen-bond donors (Lipinski definition) is 0. The van der Waals surface area contributed by atoms with Crippen LogP contribution in [0.4, 0.5) is 0 Å². The first-order chi connectivity index (χ1) is 13.8. The van der Waals surface area contributed by atoms with Gasteiger partial charge >= 0.3 is 0 Å². The molecule has 4 aromatic rings. The monoisotopic (exact) mass is 374 g/mol. The third-order valence-electron chi connectivity index (χ3n) is 7.59. The molecule has 4 aromatic carbocycles. The average Bonchev–Trinajstić information content (AvgIpc) is 3.07. The van der Waals surface area contributed by atoms with E-state index >= 15 is 0 Å². The molecule has 2 aliphatic carbocycles. The highest BCUT2D eigenvalue weighted by Crippen LogP contribution is 2.57. The van der Waals surface area contributed by atoms with E-state index < -0.39 is 0 Å². The van der Waals surface area contributed by atoms with Crippen LogP contribution in [0.25, 0.3) is 33.0 Å². The first kappa shape index (κ1) is 17.0. The molecule has 0 N–H and O–H groups in total. The molecule has 0 nitrogen and oxygen atoms in total. The molecule has 0 fully saturated rings. The van der Waals surface area contributed by atoms with Gasteiger partial charge in [-0.05, 0) is 79.9 Å². The van der Waals surface area contributed by atoms with Crippen molar-refractivity contribution in [2.24, 2.45) is 0 Å². The van der Waals surface area contributed by atoms with Crippen LogP contribution in [0.5, 0.6) is 0 Å². The zero-order valence-electron chi connectivity index (χ0n) is 17.9. The molecule has 0 radical (unpaired) electrons. The van der Waals surface area contributed by atoms with E-state index in [-0.39, 0.29) is 10.8 Å². The third kappa shape index (κ3) is 1.95. The van der Waals surface area contributed by atoms with Gasteiger partial charge in [0.2, 0.25) is 0 Å². The van der Waals surface area contributed by atoms with Crippen LogP contribution in [-0.4, -0.2) is 0 Å². The van der Waals surface area contributed by atoms with Gasteiger partial charge in [-0.1, -0.05) is 82.3 Å². The Kier molecular flexibility index (Phi) is 3.05. The van der Waals surface area contributed by atoms with E-state index in [1.165, 1.54) is 60.8 Å². The van der Waals surface area contributed by atoms with Crippen LogP contribution in [0.15, 0.2) is 66.7 Å². The Bertz CT molecular complexity index is 1350. The molecule has 0 spiro atoms. The molecule has 0 amide bonds. The van der Waals surface area contributed by atoms with Gasteiger partial charge in [0.05, 0.1) is 0 Å². The molecule has 0 atom stereocenters. The molecular formula is C29H26. The van der Waals surface area contributed by atoms with Crippen molar-refractivity contribution in [1.29, 1.82) is 0 Å². The smallest absolute Gasteiger partial charge is 0.0159 e. The third-order valence-corrected chi connectivity index (χ3v) is 7.59. The standard InChI is InChI=1S/C29H26/c1-17-14-26-27(20-12-7-6-10-18(17)20)22-16-24-21(15-25(22)29(26,4)5)19-11-8-9-13-23(19)28(24,2)3/h6-16H,1-5H3. The minimum Gasteiger partial charge on any atom is -0.0619 e. The molecule has 6 rings (SSSR count). The SMILES string of the molecule is Cc1cc2c(c3ccccc13)-c1cc3c(cc1C2(C)C)-c1ccccc1C3(C)C. The van der Waals surface area contributed by atoms with Crippen LogP contribution in [0.2, 0.25) is 0 Å². The quantitative estimate of drug-likeness (QED) is 0.295. The van der Waals surface area contributed by atoms with Crippen LogP contribution < -0.4 is 0 Å². The van der Waals surface area contributed by atoms with Crippen molar-refractivity contribution in [1.82, 2.24) is 0 Å². The normalized spacial score (nSPS) is 17.0. The van der Waals surface area contributed by atoms with E-state index in [1.54, 1.807) is 0 Å². The van der Waals surface area contributed by atoms with Gasteiger partial charge in [-0.25, -0.2) is 0 Å². The maximum atomic E-state index is 2.51. The van der Waals surface area contributed by atoms with Crippen LogP contribution in [0.3, 0.4) is 0 Å². The molecule has 0 saturated carbocycles. The second-order valence-electron chi connectivity index (χ2n) is 9.90. The molecular weight excluding hydrogens is 348 g/mol. The molecule has 0 heteroatoms. The lowest BCUT2D eigenvalue weighted by Gasteiger charge is -2.24. The summed E-state index contributed by atoms with van der Waals surface area (Å²) in [5.74, 6) is 0. The Morgan fingerprint density at radius 1 is 0.517 bits per heavy atom. The first-order valence-corrected chi connectivity index (χ1v) is 10.6. The van der Waals surface area contributed by atoms with Gasteiger partial charge in [-0.15, -0.1) is 0 Å². The predicted octanol–water partition coefficient (Wildman–Crippen LogP) is 7.76. The molecule has 0 aliphatic heterocycles. The summed E-state index contributed by atoms with van der Waals surface area (Å²) in [6.45, 7) is 11.8. The molecule has 0 bridgehead atoms. The van der Waals surface area contributed by atoms with Gasteiger partial charge in [0.15, 0.2) is 0 Å². The minimum absolute atomic E-state index is 0.0101. The predicted molar refractivity (Wildman–Crippen MR) is 124 cm³/mol. The number of aryl methyl sites for hydroxylation is 1. The zero-order chi connectivity index (χ0) is 20.1. The van der Waals surface area contributed by atoms with E-state index in [4.69, 9.17) is 0 Å². The largest absolute Gasteiger partial charge is 0.0619 e. The summed E-state index contributed by atoms with van der Waals surface area (Å²) in [5.41, 5.74) is 13.0. The topological polar surface area (TPSA) is 0 Å². The Morgan fingerprint density at radius 2 is 1.10 bits per heavy atom. The fourth-order valence-corrected chi connectivity index (χ4v) is 5.96. The lowest BCUT2D eigenvalue weighted by atomic mass is 9.79. The Morgan fingerprint density at radius 3 is 1.90 bits per heavy atom. The van der Waals surface area contributed by atoms with Gasteiger partial charge in [0.25, 0.3) is 0 Å². The molecule has 0 heterocycles. The maximum absolute atomic E-state index is 2.51. The lowest BCUT2D eigenvalue weighted by molar-refractivity contribution is 0.652. The number of benzene rings is 4. The van der Waals surface area contributed by atoms with E-state index in [0.717, 1.165) is 0 Å². The summed E-state index contributed by atoms with van der Waals surface area (Å²) >= 11 is 0. The summed E-state index contributed by atoms with van der Waals surface area (Å²) in [7, 11) is 0. The van der Waals surface area contributed by atoms with Gasteiger partial charge in [0.1, 0.15) is 0 Å². The highest BCUT2D eigenvalue weighted by molar-refractivity contribution is 6.04. The summed E-state index contributed by atoms with van der Waals surface area (Å²) in [6.07, 6.45) is 0. The van der Waals surface area contributed by atoms with E-state index in [1.807, 2.05) is 0 Å². The van der Waals surface area contributed by atoms with Crippen molar-refractivity contribution in [2.45, 2.75) is 45.4 Å². The van der Waals surface area contributed by atoms with Gasteiger partial charge in [-0.3, -0.25) is 0 Å². The summed E-state index contributed by atoms with van der Waals surface area (Å²) in [4.78, 5) is 0. The second kappa shape index (κ2) is 5.19. The highest BCUT2D eigenvalue weighted by Gasteiger charge is 2.42. The van der Waals surface area contributed by atoms with Gasteiger partial charge in [-0.2, -0.15) is 0 Å². The first-order valence-electron chi connectivity index (χ1n) is 10.6. The van der Waals surface area contributed by atoms with Gasteiger partial charge < -0.3 is 0 Å². The average molecular weight is 375 g/mol. The number of rotatable bonds is 0. The molecule has 29 heavy (non-hydrogen) atoms. The van der Waals surface area contributed by atoms with Gasteiger partial charge in [0, 0.05) is 10.8 Å². The molecule has 0 saturated heterocycles. The lowest BCUT2D eigenvalue weighted by Crippen LogP contribution is -2.17. The van der Waals surface area contributed by atoms with Crippen LogP contribution in [0.1, 0.15) is 55.5 Å². The van der Waals surface area contributed by atoms with Crippen molar-refractivity contribution in [3.8, 4) is 22.3 Å². The van der Waals surface area contributed by atoms with Crippen molar-refractivity contribution in [3.05, 3.63) is 94.5 Å². The fraction of sp³-hybridized carbons (Fsp3) is 0.241. The second-order valence-corrected chi connectivity index (χ2v) is 9.90. The summed E-state index contributed by atoms with van der Waals surface area (Å²) < 4.78 is 0. The van der Waals surface area contributed by atoms with Crippen LogP contribution in [-0.2, 0) is 10.8 Å². The molecule has 142 valence electrons. The van der Waals surface area contributed by atoms with Crippen LogP contribution >= 0.6 is 0 Å². The fourth-order valence-electron chi connectivity index (χ4n) is 5.96. The zero-order valence-corrected chi connectivity index (χ0v) is 17.9. The number of fused-ring (bicyclic) bond motifs is 8. The highest BCUT2D eigenvalue weighted by atomic mass is 14.4. The molecule has 2 aliphatic rings. The summed E-state index contributed by atoms with van der Waals surface area (Å²) in [6, 6.07) is 25.3. The van der Waals surface area contributed by atoms with E-state index in [0.29, 0.717) is 0 Å². The summed E-state index contributed by atoms with van der Waals surface area (Å²) in [5, 5.41) is 2.76. The van der Waals surface area contributed by atoms with Crippen molar-refractivity contribution < 1.29 is 0 Å². The molecule has 0 unspecified atom stereocenters.